The highest BCUT2D eigenvalue weighted by Gasteiger charge is 2.11. The van der Waals surface area contributed by atoms with E-state index in [4.69, 9.17) is 0 Å². The zero-order valence-corrected chi connectivity index (χ0v) is 15.2. The van der Waals surface area contributed by atoms with E-state index < -0.39 is 9.84 Å². The van der Waals surface area contributed by atoms with Gasteiger partial charge in [-0.1, -0.05) is 30.3 Å². The van der Waals surface area contributed by atoms with Crippen LogP contribution < -0.4 is 0 Å². The molecule has 4 aromatic rings. The SMILES string of the molecule is Cn1cc(-c2ccc(-c3cncc4ccc(S(C)(=O)=O)cc34)cc2)cn1. The third-order valence-electron chi connectivity index (χ3n) is 4.39. The molecule has 0 radical (unpaired) electrons. The lowest BCUT2D eigenvalue weighted by Gasteiger charge is -2.09. The highest BCUT2D eigenvalue weighted by atomic mass is 32.2. The van der Waals surface area contributed by atoms with Crippen molar-refractivity contribution in [2.24, 2.45) is 7.05 Å². The summed E-state index contributed by atoms with van der Waals surface area (Å²) in [7, 11) is -1.38. The number of pyridine rings is 1. The molecule has 5 nitrogen and oxygen atoms in total. The fraction of sp³-hybridized carbons (Fsp3) is 0.100. The molecule has 0 aliphatic carbocycles. The molecule has 0 unspecified atom stereocenters. The van der Waals surface area contributed by atoms with Gasteiger partial charge in [0, 0.05) is 48.4 Å². The summed E-state index contributed by atoms with van der Waals surface area (Å²) >= 11 is 0. The minimum Gasteiger partial charge on any atom is -0.275 e. The van der Waals surface area contributed by atoms with E-state index in [2.05, 4.69) is 10.1 Å². The highest BCUT2D eigenvalue weighted by Crippen LogP contribution is 2.31. The quantitative estimate of drug-likeness (QED) is 0.557. The molecule has 4 rings (SSSR count). The van der Waals surface area contributed by atoms with E-state index in [1.165, 1.54) is 6.26 Å². The van der Waals surface area contributed by atoms with Crippen LogP contribution in [0.1, 0.15) is 0 Å². The first kappa shape index (κ1) is 16.5. The van der Waals surface area contributed by atoms with Gasteiger partial charge in [-0.05, 0) is 28.6 Å². The molecule has 0 saturated heterocycles. The summed E-state index contributed by atoms with van der Waals surface area (Å²) in [5, 5.41) is 5.98. The third-order valence-corrected chi connectivity index (χ3v) is 5.50. The fourth-order valence-electron chi connectivity index (χ4n) is 3.02. The normalized spacial score (nSPS) is 11.8. The van der Waals surface area contributed by atoms with Gasteiger partial charge in [-0.25, -0.2) is 8.42 Å². The van der Waals surface area contributed by atoms with Gasteiger partial charge in [0.2, 0.25) is 0 Å². The van der Waals surface area contributed by atoms with E-state index >= 15 is 0 Å². The lowest BCUT2D eigenvalue weighted by molar-refractivity contribution is 0.602. The minimum absolute atomic E-state index is 0.310. The molecule has 0 spiro atoms. The smallest absolute Gasteiger partial charge is 0.175 e. The van der Waals surface area contributed by atoms with Crippen LogP contribution in [0.5, 0.6) is 0 Å². The predicted octanol–water partition coefficient (Wildman–Crippen LogP) is 3.71. The van der Waals surface area contributed by atoms with Crippen molar-refractivity contribution in [2.45, 2.75) is 4.90 Å². The second kappa shape index (κ2) is 6.07. The molecule has 2 heterocycles. The fourth-order valence-corrected chi connectivity index (χ4v) is 3.66. The van der Waals surface area contributed by atoms with Gasteiger partial charge in [0.05, 0.1) is 11.1 Å². The summed E-state index contributed by atoms with van der Waals surface area (Å²) in [5.41, 5.74) is 4.02. The highest BCUT2D eigenvalue weighted by molar-refractivity contribution is 7.90. The van der Waals surface area contributed by atoms with Crippen molar-refractivity contribution in [3.8, 4) is 22.3 Å². The Morgan fingerprint density at radius 3 is 2.27 bits per heavy atom. The monoisotopic (exact) mass is 363 g/mol. The molecule has 2 aromatic carbocycles. The maximum atomic E-state index is 11.9. The van der Waals surface area contributed by atoms with E-state index in [-0.39, 0.29) is 0 Å². The minimum atomic E-state index is -3.26. The Kier molecular flexibility index (Phi) is 3.85. The summed E-state index contributed by atoms with van der Waals surface area (Å²) < 4.78 is 25.6. The molecular weight excluding hydrogens is 346 g/mol. The zero-order chi connectivity index (χ0) is 18.3. The van der Waals surface area contributed by atoms with Crippen LogP contribution in [-0.4, -0.2) is 29.4 Å². The van der Waals surface area contributed by atoms with Crippen LogP contribution in [0.15, 0.2) is 72.1 Å². The van der Waals surface area contributed by atoms with Gasteiger partial charge in [0.25, 0.3) is 0 Å². The van der Waals surface area contributed by atoms with E-state index in [9.17, 15) is 8.42 Å². The molecule has 26 heavy (non-hydrogen) atoms. The number of nitrogens with zero attached hydrogens (tertiary/aromatic N) is 3. The molecule has 0 aliphatic heterocycles. The Morgan fingerprint density at radius 1 is 0.885 bits per heavy atom. The van der Waals surface area contributed by atoms with Crippen LogP contribution in [0.25, 0.3) is 33.0 Å². The Hall–Kier alpha value is -2.99. The van der Waals surface area contributed by atoms with Crippen molar-refractivity contribution >= 4 is 20.6 Å². The van der Waals surface area contributed by atoms with Crippen molar-refractivity contribution in [2.75, 3.05) is 6.26 Å². The predicted molar refractivity (Wildman–Crippen MR) is 102 cm³/mol. The Labute approximate surface area is 151 Å². The summed E-state index contributed by atoms with van der Waals surface area (Å²) in [6, 6.07) is 13.2. The van der Waals surface area contributed by atoms with Crippen LogP contribution in [0.3, 0.4) is 0 Å². The molecule has 0 aliphatic rings. The van der Waals surface area contributed by atoms with Gasteiger partial charge in [0.15, 0.2) is 9.84 Å². The van der Waals surface area contributed by atoms with Crippen molar-refractivity contribution in [3.05, 3.63) is 67.3 Å². The van der Waals surface area contributed by atoms with Gasteiger partial charge >= 0.3 is 0 Å². The average Bonchev–Trinajstić information content (AvgIpc) is 3.06. The molecule has 0 atom stereocenters. The van der Waals surface area contributed by atoms with Gasteiger partial charge in [-0.2, -0.15) is 5.10 Å². The summed E-state index contributed by atoms with van der Waals surface area (Å²) in [4.78, 5) is 4.61. The first-order valence-corrected chi connectivity index (χ1v) is 9.98. The van der Waals surface area contributed by atoms with Crippen molar-refractivity contribution in [1.82, 2.24) is 14.8 Å². The first-order chi connectivity index (χ1) is 12.4. The van der Waals surface area contributed by atoms with E-state index in [0.29, 0.717) is 4.90 Å². The maximum absolute atomic E-state index is 11.9. The van der Waals surface area contributed by atoms with E-state index in [1.807, 2.05) is 43.7 Å². The topological polar surface area (TPSA) is 64.8 Å². The zero-order valence-electron chi connectivity index (χ0n) is 14.4. The first-order valence-electron chi connectivity index (χ1n) is 8.09. The average molecular weight is 363 g/mol. The Balaban J connectivity index is 1.83. The van der Waals surface area contributed by atoms with Crippen molar-refractivity contribution in [3.63, 3.8) is 0 Å². The number of hydrogen-bond acceptors (Lipinski definition) is 4. The van der Waals surface area contributed by atoms with E-state index in [0.717, 1.165) is 33.0 Å². The van der Waals surface area contributed by atoms with Crippen LogP contribution in [0.4, 0.5) is 0 Å². The second-order valence-electron chi connectivity index (χ2n) is 6.32. The number of aryl methyl sites for hydroxylation is 1. The molecule has 0 N–H and O–H groups in total. The Morgan fingerprint density at radius 2 is 1.62 bits per heavy atom. The van der Waals surface area contributed by atoms with Crippen molar-refractivity contribution < 1.29 is 8.42 Å². The van der Waals surface area contributed by atoms with Crippen LogP contribution in [0.2, 0.25) is 0 Å². The lowest BCUT2D eigenvalue weighted by atomic mass is 9.99. The van der Waals surface area contributed by atoms with Gasteiger partial charge in [-0.3, -0.25) is 9.67 Å². The largest absolute Gasteiger partial charge is 0.275 e. The van der Waals surface area contributed by atoms with Gasteiger partial charge < -0.3 is 0 Å². The lowest BCUT2D eigenvalue weighted by Crippen LogP contribution is -1.97. The number of sulfone groups is 1. The number of benzene rings is 2. The van der Waals surface area contributed by atoms with Crippen LogP contribution >= 0.6 is 0 Å². The molecular formula is C20H17N3O2S. The number of fused-ring (bicyclic) bond motifs is 1. The maximum Gasteiger partial charge on any atom is 0.175 e. The van der Waals surface area contributed by atoms with Crippen molar-refractivity contribution in [1.29, 1.82) is 0 Å². The number of rotatable bonds is 3. The molecule has 0 amide bonds. The summed E-state index contributed by atoms with van der Waals surface area (Å²) in [6.45, 7) is 0. The summed E-state index contributed by atoms with van der Waals surface area (Å²) in [5.74, 6) is 0. The molecule has 0 bridgehead atoms. The summed E-state index contributed by atoms with van der Waals surface area (Å²) in [6.07, 6.45) is 8.53. The molecule has 6 heteroatoms. The van der Waals surface area contributed by atoms with E-state index in [1.54, 1.807) is 35.3 Å². The molecule has 2 aromatic heterocycles. The van der Waals surface area contributed by atoms with Gasteiger partial charge in [0.1, 0.15) is 0 Å². The van der Waals surface area contributed by atoms with Crippen LogP contribution in [-0.2, 0) is 16.9 Å². The van der Waals surface area contributed by atoms with Crippen LogP contribution in [0, 0.1) is 0 Å². The molecule has 0 fully saturated rings. The Bertz CT molecular complexity index is 1210. The number of hydrogen-bond donors (Lipinski definition) is 0. The second-order valence-corrected chi connectivity index (χ2v) is 8.34. The standard InChI is InChI=1S/C20H17N3O2S/c1-23-13-17(11-22-23)14-3-5-15(6-4-14)20-12-21-10-16-7-8-18(9-19(16)20)26(2,24)25/h3-13H,1-2H3. The molecule has 0 saturated carbocycles. The molecule has 130 valence electrons. The van der Waals surface area contributed by atoms with Gasteiger partial charge in [-0.15, -0.1) is 0 Å². The third kappa shape index (κ3) is 2.99. The number of aromatic nitrogens is 3.